The highest BCUT2D eigenvalue weighted by Crippen LogP contribution is 2.28. The Kier molecular flexibility index (Phi) is 11.9. The largest absolute Gasteiger partial charge is 0.491 e. The maximum absolute atomic E-state index is 10.0. The number of aliphatic hydroxyl groups excluding tert-OH is 1. The first-order chi connectivity index (χ1) is 16.0. The summed E-state index contributed by atoms with van der Waals surface area (Å²) in [6, 6.07) is 2.13. The van der Waals surface area contributed by atoms with Crippen molar-refractivity contribution in [1.82, 2.24) is 0 Å². The molecule has 0 saturated carbocycles. The van der Waals surface area contributed by atoms with Crippen LogP contribution in [-0.2, 0) is 45.5 Å². The summed E-state index contributed by atoms with van der Waals surface area (Å²) < 4.78 is 56.9. The van der Waals surface area contributed by atoms with Crippen LogP contribution < -0.4 is 0 Å². The number of aliphatic hydroxyl groups is 1. The van der Waals surface area contributed by atoms with Crippen molar-refractivity contribution in [3.63, 3.8) is 0 Å². The molecule has 14 heteroatoms. The quantitative estimate of drug-likeness (QED) is 0.122. The van der Waals surface area contributed by atoms with Crippen LogP contribution >= 0.6 is 0 Å². The molecule has 33 heavy (non-hydrogen) atoms. The monoisotopic (exact) mass is 528 g/mol. The van der Waals surface area contributed by atoms with E-state index in [2.05, 4.69) is 0 Å². The van der Waals surface area contributed by atoms with Crippen LogP contribution in [0, 0.1) is 0 Å². The third-order valence-corrected chi connectivity index (χ3v) is 16.7. The third kappa shape index (κ3) is 11.2. The lowest BCUT2D eigenvalue weighted by Gasteiger charge is -2.38. The number of rotatable bonds is 22. The van der Waals surface area contributed by atoms with Gasteiger partial charge in [0.2, 0.25) is 0 Å². The maximum Gasteiger partial charge on any atom is 0.491 e. The predicted octanol–water partition coefficient (Wildman–Crippen LogP) is 0.868. The maximum atomic E-state index is 10.0. The van der Waals surface area contributed by atoms with Crippen LogP contribution in [-0.4, -0.2) is 110 Å². The summed E-state index contributed by atoms with van der Waals surface area (Å²) in [5.41, 5.74) is 0. The Labute approximate surface area is 200 Å². The lowest BCUT2D eigenvalue weighted by molar-refractivity contribution is 0.0471. The van der Waals surface area contributed by atoms with Crippen LogP contribution in [0.3, 0.4) is 0 Å². The highest BCUT2D eigenvalue weighted by molar-refractivity contribution is 6.81. The van der Waals surface area contributed by atoms with E-state index in [1.165, 1.54) is 0 Å². The van der Waals surface area contributed by atoms with Crippen molar-refractivity contribution < 1.29 is 50.6 Å². The van der Waals surface area contributed by atoms with Crippen molar-refractivity contribution in [2.75, 3.05) is 60.1 Å². The summed E-state index contributed by atoms with van der Waals surface area (Å²) in [6.07, 6.45) is 2.18. The second-order valence-electron chi connectivity index (χ2n) is 8.50. The van der Waals surface area contributed by atoms with Crippen LogP contribution in [0.1, 0.15) is 19.3 Å². The van der Waals surface area contributed by atoms with Crippen LogP contribution in [0.25, 0.3) is 0 Å². The summed E-state index contributed by atoms with van der Waals surface area (Å²) >= 11 is 0. The standard InChI is InChI=1S/C19H40O11Si3/c1-21-33(22-2,12-6-9-25-19-15-28-19)30-32(3,11-5-8-24-18-14-27-18)29-31(16-20)10-4-7-23-17-13-26-17/h17-20,31H,4-16H2,1-3H3. The Hall–Kier alpha value is 0.211. The molecular formula is C19H40O11Si3. The number of hydrogen-bond donors (Lipinski definition) is 1. The molecule has 3 rings (SSSR count). The van der Waals surface area contributed by atoms with Gasteiger partial charge in [-0.25, -0.2) is 0 Å². The molecule has 1 N–H and O–H groups in total. The molecule has 3 heterocycles. The molecule has 0 radical (unpaired) electrons. The molecule has 3 aliphatic heterocycles. The van der Waals surface area contributed by atoms with Crippen LogP contribution in [0.4, 0.5) is 0 Å². The fourth-order valence-corrected chi connectivity index (χ4v) is 15.0. The van der Waals surface area contributed by atoms with Gasteiger partial charge in [0.15, 0.2) is 27.9 Å². The smallest absolute Gasteiger partial charge is 0.437 e. The topological polar surface area (TPSA) is 122 Å². The first-order valence-electron chi connectivity index (χ1n) is 11.8. The van der Waals surface area contributed by atoms with Gasteiger partial charge < -0.3 is 50.6 Å². The molecule has 3 saturated heterocycles. The highest BCUT2D eigenvalue weighted by atomic mass is 28.5. The zero-order valence-electron chi connectivity index (χ0n) is 20.0. The molecule has 0 aromatic heterocycles. The van der Waals surface area contributed by atoms with E-state index in [4.69, 9.17) is 45.5 Å². The van der Waals surface area contributed by atoms with Gasteiger partial charge in [-0.05, 0) is 37.9 Å². The van der Waals surface area contributed by atoms with Gasteiger partial charge in [0.1, 0.15) is 19.8 Å². The summed E-state index contributed by atoms with van der Waals surface area (Å²) in [6.45, 7) is 5.76. The highest BCUT2D eigenvalue weighted by Gasteiger charge is 2.48. The van der Waals surface area contributed by atoms with Crippen LogP contribution in [0.2, 0.25) is 24.7 Å². The van der Waals surface area contributed by atoms with Crippen molar-refractivity contribution in [2.24, 2.45) is 0 Å². The van der Waals surface area contributed by atoms with E-state index >= 15 is 0 Å². The van der Waals surface area contributed by atoms with E-state index in [-0.39, 0.29) is 25.1 Å². The van der Waals surface area contributed by atoms with E-state index in [0.29, 0.717) is 51.7 Å². The molecule has 0 aromatic rings. The van der Waals surface area contributed by atoms with Gasteiger partial charge in [-0.1, -0.05) is 0 Å². The fraction of sp³-hybridized carbons (Fsp3) is 1.00. The van der Waals surface area contributed by atoms with Gasteiger partial charge >= 0.3 is 17.4 Å². The van der Waals surface area contributed by atoms with E-state index < -0.39 is 26.4 Å². The van der Waals surface area contributed by atoms with E-state index in [1.54, 1.807) is 14.2 Å². The Balaban J connectivity index is 1.52. The first-order valence-corrected chi connectivity index (χ1v) is 18.3. The average molecular weight is 529 g/mol. The van der Waals surface area contributed by atoms with Crippen LogP contribution in [0.15, 0.2) is 0 Å². The molecule has 194 valence electrons. The summed E-state index contributed by atoms with van der Waals surface area (Å²) in [4.78, 5) is 0. The van der Waals surface area contributed by atoms with Crippen LogP contribution in [0.5, 0.6) is 0 Å². The van der Waals surface area contributed by atoms with Crippen molar-refractivity contribution in [3.05, 3.63) is 0 Å². The van der Waals surface area contributed by atoms with Crippen molar-refractivity contribution in [2.45, 2.75) is 62.8 Å². The number of ether oxygens (including phenoxy) is 6. The first kappa shape index (κ1) is 27.8. The fourth-order valence-electron chi connectivity index (χ4n) is 3.47. The van der Waals surface area contributed by atoms with E-state index in [9.17, 15) is 5.11 Å². The normalized spacial score (nSPS) is 26.7. The molecule has 0 amide bonds. The zero-order valence-corrected chi connectivity index (χ0v) is 23.2. The lowest BCUT2D eigenvalue weighted by atomic mass is 10.5. The predicted molar refractivity (Wildman–Crippen MR) is 123 cm³/mol. The molecule has 0 spiro atoms. The van der Waals surface area contributed by atoms with Crippen molar-refractivity contribution >= 4 is 26.4 Å². The third-order valence-electron chi connectivity index (χ3n) is 5.51. The second kappa shape index (κ2) is 14.1. The molecule has 11 nitrogen and oxygen atoms in total. The minimum atomic E-state index is -2.97. The van der Waals surface area contributed by atoms with Gasteiger partial charge in [0, 0.05) is 40.1 Å². The van der Waals surface area contributed by atoms with Crippen molar-refractivity contribution in [3.8, 4) is 0 Å². The van der Waals surface area contributed by atoms with Gasteiger partial charge in [0.05, 0.1) is 6.23 Å². The van der Waals surface area contributed by atoms with Gasteiger partial charge in [-0.15, -0.1) is 0 Å². The number of epoxide rings is 3. The molecule has 0 aromatic carbocycles. The SMILES string of the molecule is CO[Si](CCCOC1CO1)(OC)O[Si](C)(CCCOC1CO1)O[SiH](CO)CCCOC1CO1. The Morgan fingerprint density at radius 2 is 1.30 bits per heavy atom. The average Bonchev–Trinajstić information content (AvgIpc) is 3.65. The molecule has 3 fully saturated rings. The Bertz CT molecular complexity index is 547. The number of hydrogen-bond acceptors (Lipinski definition) is 11. The van der Waals surface area contributed by atoms with Gasteiger partial charge in [-0.3, -0.25) is 0 Å². The molecule has 0 bridgehead atoms. The second-order valence-corrected chi connectivity index (χ2v) is 17.9. The molecule has 5 unspecified atom stereocenters. The minimum Gasteiger partial charge on any atom is -0.437 e. The minimum absolute atomic E-state index is 0.0437. The molecule has 3 aliphatic rings. The van der Waals surface area contributed by atoms with Gasteiger partial charge in [0.25, 0.3) is 0 Å². The van der Waals surface area contributed by atoms with E-state index in [1.807, 2.05) is 6.55 Å². The summed E-state index contributed by atoms with van der Waals surface area (Å²) in [7, 11) is -4.38. The van der Waals surface area contributed by atoms with Gasteiger partial charge in [-0.2, -0.15) is 0 Å². The summed E-state index contributed by atoms with van der Waals surface area (Å²) in [5.74, 6) is 0. The summed E-state index contributed by atoms with van der Waals surface area (Å²) in [5, 5.41) is 10.0. The lowest BCUT2D eigenvalue weighted by Crippen LogP contribution is -2.57. The molecule has 0 aliphatic carbocycles. The zero-order chi connectivity index (χ0) is 23.6. The Morgan fingerprint density at radius 1 is 0.818 bits per heavy atom. The molecule has 5 atom stereocenters. The Morgan fingerprint density at radius 3 is 1.76 bits per heavy atom. The van der Waals surface area contributed by atoms with E-state index in [0.717, 1.165) is 25.3 Å². The molecular weight excluding hydrogens is 488 g/mol. The van der Waals surface area contributed by atoms with Crippen molar-refractivity contribution in [1.29, 1.82) is 0 Å².